The summed E-state index contributed by atoms with van der Waals surface area (Å²) in [5.41, 5.74) is 0. The average molecular weight is 304 g/mol. The minimum atomic E-state index is -3.67. The van der Waals surface area contributed by atoms with Gasteiger partial charge in [0, 0.05) is 0 Å². The Bertz CT molecular complexity index is 483. The van der Waals surface area contributed by atoms with Crippen molar-refractivity contribution in [1.29, 1.82) is 0 Å². The topological polar surface area (TPSA) is 43.4 Å². The van der Waals surface area contributed by atoms with Gasteiger partial charge in [0.25, 0.3) is 0 Å². The van der Waals surface area contributed by atoms with Crippen molar-refractivity contribution in [1.82, 2.24) is 0 Å². The molecule has 110 valence electrons. The predicted molar refractivity (Wildman–Crippen MR) is 83.8 cm³/mol. The molecule has 0 spiro atoms. The molecule has 19 heavy (non-hydrogen) atoms. The standard InChI is InChI=1S/C14H25O3PS/c1-5-18(6-2,7-3,8-4)17-19(15,16)14-12-10-9-11-13-14/h9-13H,5-8H2,1-4H3. The molecule has 0 heterocycles. The Kier molecular flexibility index (Phi) is 5.16. The molecule has 0 fully saturated rings. The van der Waals surface area contributed by atoms with Gasteiger partial charge in [-0.2, -0.15) is 0 Å². The number of benzene rings is 1. The van der Waals surface area contributed by atoms with Crippen LogP contribution >= 0.6 is 6.83 Å². The van der Waals surface area contributed by atoms with Gasteiger partial charge in [0.2, 0.25) is 0 Å². The van der Waals surface area contributed by atoms with Crippen LogP contribution in [0.25, 0.3) is 0 Å². The minimum absolute atomic E-state index is 0.257. The summed E-state index contributed by atoms with van der Waals surface area (Å²) in [6.45, 7) is 5.57. The van der Waals surface area contributed by atoms with Crippen LogP contribution in [-0.4, -0.2) is 33.1 Å². The fraction of sp³-hybridized carbons (Fsp3) is 0.571. The molecule has 0 amide bonds. The molecule has 0 aromatic heterocycles. The van der Waals surface area contributed by atoms with E-state index in [1.54, 1.807) is 30.3 Å². The van der Waals surface area contributed by atoms with E-state index < -0.39 is 16.9 Å². The van der Waals surface area contributed by atoms with Crippen molar-refractivity contribution in [2.24, 2.45) is 0 Å². The van der Waals surface area contributed by atoms with E-state index in [1.807, 2.05) is 0 Å². The summed E-state index contributed by atoms with van der Waals surface area (Å²) in [6.07, 6.45) is 3.23. The normalized spacial score (nSPS) is 14.8. The Morgan fingerprint density at radius 2 is 1.32 bits per heavy atom. The maximum atomic E-state index is 12.5. The Hall–Kier alpha value is -0.440. The van der Waals surface area contributed by atoms with E-state index in [9.17, 15) is 8.42 Å². The van der Waals surface area contributed by atoms with Crippen molar-refractivity contribution >= 4 is 16.9 Å². The molecule has 0 saturated heterocycles. The summed E-state index contributed by atoms with van der Waals surface area (Å²) in [5.74, 6) is 0. The summed E-state index contributed by atoms with van der Waals surface area (Å²) in [6, 6.07) is 8.44. The number of hydrogen-bond acceptors (Lipinski definition) is 3. The Morgan fingerprint density at radius 1 is 0.895 bits per heavy atom. The molecular weight excluding hydrogens is 279 g/mol. The van der Waals surface area contributed by atoms with E-state index in [0.29, 0.717) is 0 Å². The van der Waals surface area contributed by atoms with Crippen LogP contribution in [0.1, 0.15) is 27.7 Å². The Morgan fingerprint density at radius 3 is 1.68 bits per heavy atom. The molecule has 1 rings (SSSR count). The van der Waals surface area contributed by atoms with Gasteiger partial charge in [-0.15, -0.1) is 0 Å². The first-order valence-electron chi connectivity index (χ1n) is 6.89. The zero-order chi connectivity index (χ0) is 14.6. The van der Waals surface area contributed by atoms with Crippen molar-refractivity contribution in [3.63, 3.8) is 0 Å². The van der Waals surface area contributed by atoms with Crippen molar-refractivity contribution in [2.75, 3.05) is 24.6 Å². The van der Waals surface area contributed by atoms with E-state index in [-0.39, 0.29) is 4.90 Å². The summed E-state index contributed by atoms with van der Waals surface area (Å²) in [4.78, 5) is 0.257. The summed E-state index contributed by atoms with van der Waals surface area (Å²) in [7, 11) is -3.67. The molecule has 1 aromatic rings. The first kappa shape index (κ1) is 16.6. The third-order valence-electron chi connectivity index (χ3n) is 4.54. The molecule has 0 N–H and O–H groups in total. The fourth-order valence-electron chi connectivity index (χ4n) is 2.46. The van der Waals surface area contributed by atoms with Crippen molar-refractivity contribution in [3.05, 3.63) is 30.3 Å². The second-order valence-corrected chi connectivity index (χ2v) is 13.2. The van der Waals surface area contributed by atoms with E-state index in [4.69, 9.17) is 3.97 Å². The molecule has 0 aliphatic heterocycles. The quantitative estimate of drug-likeness (QED) is 0.717. The zero-order valence-electron chi connectivity index (χ0n) is 12.3. The van der Waals surface area contributed by atoms with Gasteiger partial charge in [-0.05, 0) is 0 Å². The SMILES string of the molecule is CCP(CC)(CC)(CC)OS(=O)(=O)c1ccccc1. The third kappa shape index (κ3) is 3.18. The predicted octanol–water partition coefficient (Wildman–Crippen LogP) is 3.94. The van der Waals surface area contributed by atoms with Gasteiger partial charge in [-0.1, -0.05) is 0 Å². The van der Waals surface area contributed by atoms with Crippen LogP contribution in [0.15, 0.2) is 35.2 Å². The fourth-order valence-corrected chi connectivity index (χ4v) is 9.89. The molecule has 0 aliphatic rings. The monoisotopic (exact) mass is 304 g/mol. The van der Waals surface area contributed by atoms with Gasteiger partial charge in [0.1, 0.15) is 0 Å². The van der Waals surface area contributed by atoms with Crippen molar-refractivity contribution in [3.8, 4) is 0 Å². The van der Waals surface area contributed by atoms with E-state index in [1.165, 1.54) is 0 Å². The second-order valence-electron chi connectivity index (χ2n) is 4.96. The first-order valence-corrected chi connectivity index (χ1v) is 11.2. The van der Waals surface area contributed by atoms with Gasteiger partial charge >= 0.3 is 117 Å². The maximum absolute atomic E-state index is 12.5. The van der Waals surface area contributed by atoms with Crippen LogP contribution < -0.4 is 0 Å². The van der Waals surface area contributed by atoms with Crippen LogP contribution in [0.4, 0.5) is 0 Å². The van der Waals surface area contributed by atoms with Crippen LogP contribution in [0.3, 0.4) is 0 Å². The number of rotatable bonds is 7. The molecule has 0 bridgehead atoms. The van der Waals surface area contributed by atoms with E-state index >= 15 is 0 Å². The average Bonchev–Trinajstić information content (AvgIpc) is 2.46. The Balaban J connectivity index is 3.25. The summed E-state index contributed by atoms with van der Waals surface area (Å²) >= 11 is 0. The molecular formula is C14H25O3PS. The van der Waals surface area contributed by atoms with Gasteiger partial charge in [-0.25, -0.2) is 0 Å². The molecule has 3 nitrogen and oxygen atoms in total. The third-order valence-corrected chi connectivity index (χ3v) is 14.3. The van der Waals surface area contributed by atoms with Crippen LogP contribution in [0.5, 0.6) is 0 Å². The molecule has 0 radical (unpaired) electrons. The summed E-state index contributed by atoms with van der Waals surface area (Å²) in [5, 5.41) is 0. The molecule has 0 saturated carbocycles. The molecule has 1 aromatic carbocycles. The first-order chi connectivity index (χ1) is 8.87. The van der Waals surface area contributed by atoms with Gasteiger partial charge < -0.3 is 0 Å². The van der Waals surface area contributed by atoms with E-state index in [2.05, 4.69) is 27.7 Å². The number of hydrogen-bond donors (Lipinski definition) is 0. The molecule has 0 unspecified atom stereocenters. The Labute approximate surface area is 117 Å². The van der Waals surface area contributed by atoms with Crippen LogP contribution in [0, 0.1) is 0 Å². The van der Waals surface area contributed by atoms with Gasteiger partial charge in [-0.3, -0.25) is 0 Å². The van der Waals surface area contributed by atoms with Crippen molar-refractivity contribution in [2.45, 2.75) is 32.6 Å². The van der Waals surface area contributed by atoms with Crippen LogP contribution in [-0.2, 0) is 14.1 Å². The molecule has 0 atom stereocenters. The van der Waals surface area contributed by atoms with E-state index in [0.717, 1.165) is 24.6 Å². The molecule has 5 heteroatoms. The van der Waals surface area contributed by atoms with Gasteiger partial charge in [0.15, 0.2) is 0 Å². The van der Waals surface area contributed by atoms with Crippen LogP contribution in [0.2, 0.25) is 0 Å². The molecule has 0 aliphatic carbocycles. The zero-order valence-corrected chi connectivity index (χ0v) is 14.0. The van der Waals surface area contributed by atoms with Gasteiger partial charge in [0.05, 0.1) is 0 Å². The summed E-state index contributed by atoms with van der Waals surface area (Å²) < 4.78 is 30.9. The van der Waals surface area contributed by atoms with Crippen molar-refractivity contribution < 1.29 is 12.4 Å². The second kappa shape index (κ2) is 5.90.